The second kappa shape index (κ2) is 8.90. The second-order valence-corrected chi connectivity index (χ2v) is 5.42. The van der Waals surface area contributed by atoms with Crippen LogP contribution in [0.5, 0.6) is 0 Å². The van der Waals surface area contributed by atoms with Crippen LogP contribution in [-0.2, 0) is 0 Å². The predicted molar refractivity (Wildman–Crippen MR) is 75.2 cm³/mol. The van der Waals surface area contributed by atoms with Crippen LogP contribution in [0.4, 0.5) is 0 Å². The first-order valence-corrected chi connectivity index (χ1v) is 7.43. The average Bonchev–Trinajstić information content (AvgIpc) is 2.36. The molecule has 0 aliphatic carbocycles. The number of likely N-dealkylation sites (tertiary alicyclic amines) is 1. The molecule has 3 heteroatoms. The summed E-state index contributed by atoms with van der Waals surface area (Å²) in [6.07, 6.45) is 6.39. The van der Waals surface area contributed by atoms with Gasteiger partial charge in [-0.3, -0.25) is 0 Å². The van der Waals surface area contributed by atoms with E-state index in [2.05, 4.69) is 24.1 Å². The van der Waals surface area contributed by atoms with Gasteiger partial charge in [0.1, 0.15) is 0 Å². The van der Waals surface area contributed by atoms with E-state index < -0.39 is 0 Å². The summed E-state index contributed by atoms with van der Waals surface area (Å²) in [5.74, 6) is 0.876. The summed E-state index contributed by atoms with van der Waals surface area (Å²) in [7, 11) is 0. The Morgan fingerprint density at radius 1 is 1.29 bits per heavy atom. The van der Waals surface area contributed by atoms with Crippen molar-refractivity contribution in [1.29, 1.82) is 0 Å². The molecule has 0 saturated carbocycles. The maximum Gasteiger partial charge on any atom is 0.00679 e. The van der Waals surface area contributed by atoms with E-state index in [0.29, 0.717) is 6.04 Å². The van der Waals surface area contributed by atoms with Crippen molar-refractivity contribution >= 4 is 0 Å². The molecule has 0 radical (unpaired) electrons. The van der Waals surface area contributed by atoms with E-state index in [9.17, 15) is 0 Å². The van der Waals surface area contributed by atoms with Gasteiger partial charge in [-0.05, 0) is 77.7 Å². The number of piperidine rings is 1. The molecule has 0 spiro atoms. The van der Waals surface area contributed by atoms with Gasteiger partial charge in [-0.25, -0.2) is 0 Å². The fraction of sp³-hybridized carbons (Fsp3) is 1.00. The maximum absolute atomic E-state index is 5.50. The Morgan fingerprint density at radius 2 is 2.00 bits per heavy atom. The highest BCUT2D eigenvalue weighted by Crippen LogP contribution is 2.20. The Hall–Kier alpha value is -0.120. The van der Waals surface area contributed by atoms with Crippen molar-refractivity contribution in [3.63, 3.8) is 0 Å². The minimum absolute atomic E-state index is 0.677. The van der Waals surface area contributed by atoms with Gasteiger partial charge in [0.25, 0.3) is 0 Å². The molecule has 0 aromatic carbocycles. The number of unbranched alkanes of at least 4 members (excludes halogenated alkanes) is 1. The zero-order chi connectivity index (χ0) is 12.5. The number of hydrogen-bond acceptors (Lipinski definition) is 3. The SMILES string of the molecule is CCCN1CCC(C(C)NCCCCN)CC1. The third-order valence-electron chi connectivity index (χ3n) is 3.98. The van der Waals surface area contributed by atoms with Gasteiger partial charge < -0.3 is 16.0 Å². The van der Waals surface area contributed by atoms with E-state index in [1.807, 2.05) is 0 Å². The van der Waals surface area contributed by atoms with Crippen molar-refractivity contribution in [3.8, 4) is 0 Å². The Morgan fingerprint density at radius 3 is 2.59 bits per heavy atom. The van der Waals surface area contributed by atoms with Crippen LogP contribution in [0.2, 0.25) is 0 Å². The number of hydrogen-bond donors (Lipinski definition) is 2. The normalized spacial score (nSPS) is 20.6. The van der Waals surface area contributed by atoms with Crippen LogP contribution in [0.25, 0.3) is 0 Å². The van der Waals surface area contributed by atoms with Gasteiger partial charge in [-0.2, -0.15) is 0 Å². The van der Waals surface area contributed by atoms with Crippen molar-refractivity contribution in [3.05, 3.63) is 0 Å². The summed E-state index contributed by atoms with van der Waals surface area (Å²) < 4.78 is 0. The standard InChI is InChI=1S/C14H31N3/c1-3-10-17-11-6-14(7-12-17)13(2)16-9-5-4-8-15/h13-14,16H,3-12,15H2,1-2H3. The fourth-order valence-electron chi connectivity index (χ4n) is 2.76. The van der Waals surface area contributed by atoms with Crippen LogP contribution in [0.3, 0.4) is 0 Å². The molecule has 1 rings (SSSR count). The fourth-order valence-corrected chi connectivity index (χ4v) is 2.76. The Bertz CT molecular complexity index is 176. The minimum Gasteiger partial charge on any atom is -0.330 e. The minimum atomic E-state index is 0.677. The number of nitrogens with one attached hydrogen (secondary N) is 1. The topological polar surface area (TPSA) is 41.3 Å². The van der Waals surface area contributed by atoms with E-state index in [0.717, 1.165) is 25.4 Å². The summed E-state index contributed by atoms with van der Waals surface area (Å²) in [5.41, 5.74) is 5.50. The van der Waals surface area contributed by atoms with Gasteiger partial charge in [0, 0.05) is 6.04 Å². The lowest BCUT2D eigenvalue weighted by atomic mass is 9.90. The van der Waals surface area contributed by atoms with Crippen molar-refractivity contribution in [1.82, 2.24) is 10.2 Å². The molecule has 1 aliphatic heterocycles. The molecule has 0 amide bonds. The summed E-state index contributed by atoms with van der Waals surface area (Å²) in [4.78, 5) is 2.61. The lowest BCUT2D eigenvalue weighted by Gasteiger charge is -2.35. The lowest BCUT2D eigenvalue weighted by Crippen LogP contribution is -2.42. The van der Waals surface area contributed by atoms with Crippen molar-refractivity contribution in [2.45, 2.75) is 52.0 Å². The monoisotopic (exact) mass is 241 g/mol. The zero-order valence-corrected chi connectivity index (χ0v) is 11.8. The largest absolute Gasteiger partial charge is 0.330 e. The van der Waals surface area contributed by atoms with E-state index in [1.165, 1.54) is 45.3 Å². The first kappa shape index (κ1) is 14.9. The summed E-state index contributed by atoms with van der Waals surface area (Å²) in [5, 5.41) is 3.66. The van der Waals surface area contributed by atoms with Crippen molar-refractivity contribution < 1.29 is 0 Å². The van der Waals surface area contributed by atoms with E-state index in [-0.39, 0.29) is 0 Å². The molecular formula is C14H31N3. The molecule has 3 nitrogen and oxygen atoms in total. The van der Waals surface area contributed by atoms with Crippen LogP contribution < -0.4 is 11.1 Å². The molecule has 0 bridgehead atoms. The van der Waals surface area contributed by atoms with Crippen molar-refractivity contribution in [2.24, 2.45) is 11.7 Å². The molecule has 0 aromatic heterocycles. The lowest BCUT2D eigenvalue weighted by molar-refractivity contribution is 0.163. The van der Waals surface area contributed by atoms with Crippen LogP contribution >= 0.6 is 0 Å². The van der Waals surface area contributed by atoms with Crippen LogP contribution in [-0.4, -0.2) is 43.7 Å². The maximum atomic E-state index is 5.50. The molecule has 1 unspecified atom stereocenters. The highest BCUT2D eigenvalue weighted by Gasteiger charge is 2.22. The third-order valence-corrected chi connectivity index (χ3v) is 3.98. The zero-order valence-electron chi connectivity index (χ0n) is 11.8. The average molecular weight is 241 g/mol. The molecule has 1 atom stereocenters. The van der Waals surface area contributed by atoms with E-state index in [1.54, 1.807) is 0 Å². The van der Waals surface area contributed by atoms with Crippen LogP contribution in [0.15, 0.2) is 0 Å². The van der Waals surface area contributed by atoms with Gasteiger partial charge in [0.2, 0.25) is 0 Å². The van der Waals surface area contributed by atoms with Crippen molar-refractivity contribution in [2.75, 3.05) is 32.7 Å². The van der Waals surface area contributed by atoms with E-state index in [4.69, 9.17) is 5.73 Å². The number of rotatable bonds is 8. The van der Waals surface area contributed by atoms with Gasteiger partial charge in [-0.1, -0.05) is 6.92 Å². The predicted octanol–water partition coefficient (Wildman–Crippen LogP) is 1.83. The second-order valence-electron chi connectivity index (χ2n) is 5.42. The van der Waals surface area contributed by atoms with Gasteiger partial charge >= 0.3 is 0 Å². The molecule has 1 fully saturated rings. The number of nitrogens with zero attached hydrogens (tertiary/aromatic N) is 1. The summed E-state index contributed by atoms with van der Waals surface area (Å²) >= 11 is 0. The first-order chi connectivity index (χ1) is 8.27. The van der Waals surface area contributed by atoms with Gasteiger partial charge in [-0.15, -0.1) is 0 Å². The Kier molecular flexibility index (Phi) is 7.82. The molecular weight excluding hydrogens is 210 g/mol. The molecule has 1 heterocycles. The van der Waals surface area contributed by atoms with E-state index >= 15 is 0 Å². The Labute approximate surface area is 107 Å². The summed E-state index contributed by atoms with van der Waals surface area (Å²) in [6.45, 7) is 10.5. The van der Waals surface area contributed by atoms with Gasteiger partial charge in [0.15, 0.2) is 0 Å². The molecule has 0 aromatic rings. The summed E-state index contributed by atoms with van der Waals surface area (Å²) in [6, 6.07) is 0.677. The Balaban J connectivity index is 2.10. The molecule has 3 N–H and O–H groups in total. The molecule has 102 valence electrons. The first-order valence-electron chi connectivity index (χ1n) is 7.43. The van der Waals surface area contributed by atoms with Gasteiger partial charge in [0.05, 0.1) is 0 Å². The molecule has 1 aliphatic rings. The highest BCUT2D eigenvalue weighted by atomic mass is 15.1. The molecule has 17 heavy (non-hydrogen) atoms. The van der Waals surface area contributed by atoms with Crippen LogP contribution in [0, 0.1) is 5.92 Å². The third kappa shape index (κ3) is 5.84. The smallest absolute Gasteiger partial charge is 0.00679 e. The molecule has 1 saturated heterocycles. The highest BCUT2D eigenvalue weighted by molar-refractivity contribution is 4.79. The number of nitrogens with two attached hydrogens (primary N) is 1. The van der Waals surface area contributed by atoms with Crippen LogP contribution in [0.1, 0.15) is 46.0 Å². The quantitative estimate of drug-likeness (QED) is 0.637.